The van der Waals surface area contributed by atoms with Crippen LogP contribution in [0.25, 0.3) is 0 Å². The van der Waals surface area contributed by atoms with Crippen molar-refractivity contribution in [3.63, 3.8) is 0 Å². The van der Waals surface area contributed by atoms with Crippen LogP contribution < -0.4 is 5.32 Å². The zero-order chi connectivity index (χ0) is 11.8. The first kappa shape index (κ1) is 13.9. The van der Waals surface area contributed by atoms with Gasteiger partial charge in [-0.2, -0.15) is 0 Å². The Kier molecular flexibility index (Phi) is 7.01. The summed E-state index contributed by atoms with van der Waals surface area (Å²) >= 11 is 0. The van der Waals surface area contributed by atoms with E-state index in [9.17, 15) is 0 Å². The second-order valence-corrected chi connectivity index (χ2v) is 4.77. The summed E-state index contributed by atoms with van der Waals surface area (Å²) in [6.07, 6.45) is 4.20. The fourth-order valence-corrected chi connectivity index (χ4v) is 2.36. The predicted molar refractivity (Wildman–Crippen MR) is 68.8 cm³/mol. The fourth-order valence-electron chi connectivity index (χ4n) is 2.36. The molecule has 96 valence electrons. The van der Waals surface area contributed by atoms with Crippen LogP contribution in [0, 0.1) is 0 Å². The first-order valence-corrected chi connectivity index (χ1v) is 6.84. The minimum absolute atomic E-state index is 0.465. The molecular formula is C13H28N2O. The Morgan fingerprint density at radius 3 is 2.94 bits per heavy atom. The van der Waals surface area contributed by atoms with Crippen molar-refractivity contribution >= 4 is 0 Å². The molecule has 0 aromatic carbocycles. The number of ether oxygens (including phenoxy) is 1. The topological polar surface area (TPSA) is 24.5 Å². The van der Waals surface area contributed by atoms with Gasteiger partial charge < -0.3 is 10.1 Å². The van der Waals surface area contributed by atoms with E-state index >= 15 is 0 Å². The molecule has 1 aliphatic rings. The molecule has 0 radical (unpaired) electrons. The number of hydrogen-bond acceptors (Lipinski definition) is 3. The Labute approximate surface area is 101 Å². The quantitative estimate of drug-likeness (QED) is 0.673. The standard InChI is InChI=1S/C13H28N2O/c1-4-8-14-10-12(3)15-9-6-7-13(11-15)16-5-2/h12-14H,4-11H2,1-3H3. The van der Waals surface area contributed by atoms with Crippen molar-refractivity contribution in [2.75, 3.05) is 32.8 Å². The van der Waals surface area contributed by atoms with E-state index in [1.165, 1.54) is 25.8 Å². The zero-order valence-electron chi connectivity index (χ0n) is 11.2. The van der Waals surface area contributed by atoms with Crippen molar-refractivity contribution in [3.05, 3.63) is 0 Å². The first-order valence-electron chi connectivity index (χ1n) is 6.84. The van der Waals surface area contributed by atoms with Crippen molar-refractivity contribution in [1.82, 2.24) is 10.2 Å². The summed E-state index contributed by atoms with van der Waals surface area (Å²) in [4.78, 5) is 2.56. The maximum atomic E-state index is 5.73. The average Bonchev–Trinajstić information content (AvgIpc) is 2.30. The van der Waals surface area contributed by atoms with Crippen LogP contribution in [0.5, 0.6) is 0 Å². The molecule has 1 fully saturated rings. The summed E-state index contributed by atoms with van der Waals surface area (Å²) < 4.78 is 5.73. The molecule has 3 heteroatoms. The van der Waals surface area contributed by atoms with Crippen molar-refractivity contribution in [1.29, 1.82) is 0 Å². The largest absolute Gasteiger partial charge is 0.377 e. The molecule has 16 heavy (non-hydrogen) atoms. The molecule has 0 amide bonds. The van der Waals surface area contributed by atoms with E-state index in [0.29, 0.717) is 12.1 Å². The molecule has 0 aliphatic carbocycles. The highest BCUT2D eigenvalue weighted by Gasteiger charge is 2.23. The van der Waals surface area contributed by atoms with Crippen molar-refractivity contribution in [3.8, 4) is 0 Å². The van der Waals surface area contributed by atoms with Crippen LogP contribution in [0.4, 0.5) is 0 Å². The van der Waals surface area contributed by atoms with Gasteiger partial charge in [0.1, 0.15) is 0 Å². The van der Waals surface area contributed by atoms with Gasteiger partial charge in [0.15, 0.2) is 0 Å². The third-order valence-electron chi connectivity index (χ3n) is 3.30. The zero-order valence-corrected chi connectivity index (χ0v) is 11.2. The smallest absolute Gasteiger partial charge is 0.0702 e. The van der Waals surface area contributed by atoms with Crippen LogP contribution in [0.3, 0.4) is 0 Å². The van der Waals surface area contributed by atoms with E-state index < -0.39 is 0 Å². The van der Waals surface area contributed by atoms with E-state index in [2.05, 4.69) is 31.0 Å². The van der Waals surface area contributed by atoms with Gasteiger partial charge in [-0.15, -0.1) is 0 Å². The number of hydrogen-bond donors (Lipinski definition) is 1. The van der Waals surface area contributed by atoms with Gasteiger partial charge in [0.2, 0.25) is 0 Å². The second kappa shape index (κ2) is 8.04. The molecule has 0 aromatic heterocycles. The van der Waals surface area contributed by atoms with Gasteiger partial charge in [0.05, 0.1) is 6.10 Å². The van der Waals surface area contributed by atoms with E-state index in [0.717, 1.165) is 26.2 Å². The summed E-state index contributed by atoms with van der Waals surface area (Å²) in [5.74, 6) is 0. The normalized spacial score (nSPS) is 24.6. The number of nitrogens with zero attached hydrogens (tertiary/aromatic N) is 1. The second-order valence-electron chi connectivity index (χ2n) is 4.77. The van der Waals surface area contributed by atoms with Gasteiger partial charge in [-0.25, -0.2) is 0 Å². The third kappa shape index (κ3) is 4.81. The highest BCUT2D eigenvalue weighted by molar-refractivity contribution is 4.78. The minimum Gasteiger partial charge on any atom is -0.377 e. The number of rotatable bonds is 7. The number of nitrogens with one attached hydrogen (secondary N) is 1. The molecule has 1 heterocycles. The monoisotopic (exact) mass is 228 g/mol. The van der Waals surface area contributed by atoms with Crippen LogP contribution in [-0.4, -0.2) is 49.8 Å². The minimum atomic E-state index is 0.465. The molecule has 0 saturated carbocycles. The van der Waals surface area contributed by atoms with Gasteiger partial charge in [-0.3, -0.25) is 4.90 Å². The highest BCUT2D eigenvalue weighted by atomic mass is 16.5. The molecule has 0 bridgehead atoms. The van der Waals surface area contributed by atoms with Crippen LogP contribution in [0.2, 0.25) is 0 Å². The van der Waals surface area contributed by atoms with Gasteiger partial charge in [0, 0.05) is 25.7 Å². The van der Waals surface area contributed by atoms with E-state index in [1.807, 2.05) is 0 Å². The Hall–Kier alpha value is -0.120. The van der Waals surface area contributed by atoms with Crippen LogP contribution in [0.15, 0.2) is 0 Å². The number of piperidine rings is 1. The lowest BCUT2D eigenvalue weighted by Gasteiger charge is -2.36. The molecule has 0 aromatic rings. The van der Waals surface area contributed by atoms with Gasteiger partial charge in [0.25, 0.3) is 0 Å². The molecule has 1 saturated heterocycles. The van der Waals surface area contributed by atoms with Crippen LogP contribution in [0.1, 0.15) is 40.0 Å². The Morgan fingerprint density at radius 2 is 2.25 bits per heavy atom. The van der Waals surface area contributed by atoms with E-state index in [4.69, 9.17) is 4.74 Å². The first-order chi connectivity index (χ1) is 7.77. The lowest BCUT2D eigenvalue weighted by molar-refractivity contribution is -0.00483. The van der Waals surface area contributed by atoms with Crippen molar-refractivity contribution in [2.24, 2.45) is 0 Å². The maximum Gasteiger partial charge on any atom is 0.0702 e. The maximum absolute atomic E-state index is 5.73. The molecule has 1 aliphatic heterocycles. The van der Waals surface area contributed by atoms with Gasteiger partial charge >= 0.3 is 0 Å². The predicted octanol–water partition coefficient (Wildman–Crippen LogP) is 1.88. The molecular weight excluding hydrogens is 200 g/mol. The number of likely N-dealkylation sites (tertiary alicyclic amines) is 1. The Morgan fingerprint density at radius 1 is 1.44 bits per heavy atom. The van der Waals surface area contributed by atoms with Crippen molar-refractivity contribution in [2.45, 2.75) is 52.2 Å². The Balaban J connectivity index is 2.23. The highest BCUT2D eigenvalue weighted by Crippen LogP contribution is 2.15. The van der Waals surface area contributed by atoms with Crippen molar-refractivity contribution < 1.29 is 4.74 Å². The van der Waals surface area contributed by atoms with Crippen LogP contribution in [-0.2, 0) is 4.74 Å². The third-order valence-corrected chi connectivity index (χ3v) is 3.30. The molecule has 2 atom stereocenters. The SMILES string of the molecule is CCCNCC(C)N1CCCC(OCC)C1. The molecule has 2 unspecified atom stereocenters. The molecule has 3 nitrogen and oxygen atoms in total. The summed E-state index contributed by atoms with van der Waals surface area (Å²) in [6, 6.07) is 0.634. The summed E-state index contributed by atoms with van der Waals surface area (Å²) in [5.41, 5.74) is 0. The molecule has 1 N–H and O–H groups in total. The van der Waals surface area contributed by atoms with Crippen LogP contribution >= 0.6 is 0 Å². The summed E-state index contributed by atoms with van der Waals surface area (Å²) in [5, 5.41) is 3.50. The summed E-state index contributed by atoms with van der Waals surface area (Å²) in [7, 11) is 0. The summed E-state index contributed by atoms with van der Waals surface area (Å²) in [6.45, 7) is 12.0. The Bertz CT molecular complexity index is 173. The average molecular weight is 228 g/mol. The van der Waals surface area contributed by atoms with Gasteiger partial charge in [-0.05, 0) is 46.2 Å². The fraction of sp³-hybridized carbons (Fsp3) is 1.00. The van der Waals surface area contributed by atoms with E-state index in [1.54, 1.807) is 0 Å². The molecule has 0 spiro atoms. The molecule has 1 rings (SSSR count). The lowest BCUT2D eigenvalue weighted by Crippen LogP contribution is -2.48. The lowest BCUT2D eigenvalue weighted by atomic mass is 10.1. The van der Waals surface area contributed by atoms with E-state index in [-0.39, 0.29) is 0 Å². The van der Waals surface area contributed by atoms with Gasteiger partial charge in [-0.1, -0.05) is 6.92 Å².